The molecule has 0 unspecified atom stereocenters. The van der Waals surface area contributed by atoms with Gasteiger partial charge in [0.2, 0.25) is 0 Å². The molecule has 0 saturated heterocycles. The number of rotatable bonds is 4. The summed E-state index contributed by atoms with van der Waals surface area (Å²) in [6, 6.07) is 0.885. The summed E-state index contributed by atoms with van der Waals surface area (Å²) in [6.07, 6.45) is 1.09. The summed E-state index contributed by atoms with van der Waals surface area (Å²) >= 11 is 0. The highest BCUT2D eigenvalue weighted by molar-refractivity contribution is 6.06. The number of esters is 2. The van der Waals surface area contributed by atoms with Crippen molar-refractivity contribution in [2.45, 2.75) is 0 Å². The van der Waals surface area contributed by atoms with Crippen molar-refractivity contribution in [3.05, 3.63) is 45.5 Å². The summed E-state index contributed by atoms with van der Waals surface area (Å²) in [5.41, 5.74) is -2.31. The van der Waals surface area contributed by atoms with Gasteiger partial charge in [-0.1, -0.05) is 0 Å². The molecule has 1 heterocycles. The zero-order valence-electron chi connectivity index (χ0n) is 11.8. The lowest BCUT2D eigenvalue weighted by molar-refractivity contribution is -0.385. The molecule has 0 amide bonds. The largest absolute Gasteiger partial charge is 0.465 e. The van der Waals surface area contributed by atoms with Crippen LogP contribution in [0.5, 0.6) is 6.01 Å². The van der Waals surface area contributed by atoms with Crippen LogP contribution in [0.4, 0.5) is 10.1 Å². The van der Waals surface area contributed by atoms with E-state index in [9.17, 15) is 24.1 Å². The Morgan fingerprint density at radius 3 is 2.57 bits per heavy atom. The zero-order chi connectivity index (χ0) is 17.1. The quantitative estimate of drug-likeness (QED) is 0.460. The first-order valence-electron chi connectivity index (χ1n) is 5.97. The molecule has 2 aromatic rings. The van der Waals surface area contributed by atoms with E-state index >= 15 is 0 Å². The van der Waals surface area contributed by atoms with Gasteiger partial charge in [0.25, 0.3) is 5.69 Å². The monoisotopic (exact) mass is 324 g/mol. The van der Waals surface area contributed by atoms with Gasteiger partial charge in [0.05, 0.1) is 23.7 Å². The molecule has 1 aromatic heterocycles. The summed E-state index contributed by atoms with van der Waals surface area (Å²) < 4.78 is 23.8. The van der Waals surface area contributed by atoms with E-state index in [1.54, 1.807) is 0 Å². The first-order valence-corrected chi connectivity index (χ1v) is 5.97. The molecule has 23 heavy (non-hydrogen) atoms. The summed E-state index contributed by atoms with van der Waals surface area (Å²) in [6.45, 7) is 0. The van der Waals surface area contributed by atoms with Crippen LogP contribution in [0.25, 0.3) is 0 Å². The van der Waals surface area contributed by atoms with E-state index in [2.05, 4.69) is 14.8 Å². The van der Waals surface area contributed by atoms with E-state index in [0.29, 0.717) is 12.1 Å². The van der Waals surface area contributed by atoms with Gasteiger partial charge >= 0.3 is 17.9 Å². The van der Waals surface area contributed by atoms with Gasteiger partial charge in [-0.05, 0) is 6.07 Å². The number of methoxy groups -OCH3 is 1. The maximum absolute atomic E-state index is 13.5. The number of hydrogen-bond donors (Lipinski definition) is 0. The van der Waals surface area contributed by atoms with Crippen molar-refractivity contribution in [2.24, 2.45) is 7.05 Å². The number of aromatic nitrogens is 3. The molecule has 0 aliphatic carbocycles. The molecule has 0 N–H and O–H groups in total. The van der Waals surface area contributed by atoms with E-state index in [1.165, 1.54) is 7.05 Å². The predicted molar refractivity (Wildman–Crippen MR) is 70.4 cm³/mol. The van der Waals surface area contributed by atoms with Gasteiger partial charge in [0.1, 0.15) is 12.1 Å². The average Bonchev–Trinajstić information content (AvgIpc) is 2.90. The number of ether oxygens (including phenoxy) is 2. The molecule has 0 bridgehead atoms. The molecular formula is C12H9FN4O6. The number of carbonyl (C=O) groups excluding carboxylic acids is 2. The Hall–Kier alpha value is -3.37. The molecule has 0 spiro atoms. The first-order chi connectivity index (χ1) is 10.8. The lowest BCUT2D eigenvalue weighted by Crippen LogP contribution is -2.19. The summed E-state index contributed by atoms with van der Waals surface area (Å²) in [7, 11) is 2.40. The SMILES string of the molecule is COC(=O)c1cc(F)cc([N+](=O)[O-])c1C(=O)Oc1ncnn1C. The molecule has 0 fully saturated rings. The van der Waals surface area contributed by atoms with Gasteiger partial charge in [-0.15, -0.1) is 0 Å². The van der Waals surface area contributed by atoms with Gasteiger partial charge < -0.3 is 9.47 Å². The number of hydrogen-bond acceptors (Lipinski definition) is 8. The van der Waals surface area contributed by atoms with Crippen LogP contribution in [-0.4, -0.2) is 38.7 Å². The summed E-state index contributed by atoms with van der Waals surface area (Å²) in [4.78, 5) is 37.5. The molecule has 0 radical (unpaired) electrons. The highest BCUT2D eigenvalue weighted by Gasteiger charge is 2.31. The molecular weight excluding hydrogens is 315 g/mol. The maximum atomic E-state index is 13.5. The maximum Gasteiger partial charge on any atom is 0.353 e. The lowest BCUT2D eigenvalue weighted by Gasteiger charge is -2.08. The second kappa shape index (κ2) is 6.17. The lowest BCUT2D eigenvalue weighted by atomic mass is 10.1. The molecule has 11 heteroatoms. The van der Waals surface area contributed by atoms with E-state index in [1.807, 2.05) is 0 Å². The molecule has 2 rings (SSSR count). The van der Waals surface area contributed by atoms with Gasteiger partial charge in [-0.2, -0.15) is 10.1 Å². The van der Waals surface area contributed by atoms with Crippen LogP contribution in [0.15, 0.2) is 18.5 Å². The number of halogens is 1. The molecule has 120 valence electrons. The minimum atomic E-state index is -1.27. The third-order valence-electron chi connectivity index (χ3n) is 2.74. The molecule has 0 atom stereocenters. The van der Waals surface area contributed by atoms with E-state index in [-0.39, 0.29) is 6.01 Å². The number of aryl methyl sites for hydroxylation is 1. The van der Waals surface area contributed by atoms with Crippen molar-refractivity contribution in [3.8, 4) is 6.01 Å². The Morgan fingerprint density at radius 1 is 1.35 bits per heavy atom. The van der Waals surface area contributed by atoms with Crippen LogP contribution in [0, 0.1) is 15.9 Å². The van der Waals surface area contributed by atoms with Crippen LogP contribution >= 0.6 is 0 Å². The molecule has 1 aromatic carbocycles. The zero-order valence-corrected chi connectivity index (χ0v) is 11.8. The van der Waals surface area contributed by atoms with E-state index in [0.717, 1.165) is 18.1 Å². The van der Waals surface area contributed by atoms with Gasteiger partial charge in [0.15, 0.2) is 5.56 Å². The minimum absolute atomic E-state index is 0.260. The third kappa shape index (κ3) is 3.12. The highest BCUT2D eigenvalue weighted by Crippen LogP contribution is 2.26. The van der Waals surface area contributed by atoms with Crippen molar-refractivity contribution in [3.63, 3.8) is 0 Å². The Bertz CT molecular complexity index is 803. The van der Waals surface area contributed by atoms with Crippen molar-refractivity contribution in [1.29, 1.82) is 0 Å². The number of benzene rings is 1. The van der Waals surface area contributed by atoms with Crippen molar-refractivity contribution >= 4 is 17.6 Å². The molecule has 0 aliphatic rings. The van der Waals surface area contributed by atoms with Crippen LogP contribution < -0.4 is 4.74 Å². The molecule has 0 aliphatic heterocycles. The van der Waals surface area contributed by atoms with Crippen molar-refractivity contribution in [2.75, 3.05) is 7.11 Å². The van der Waals surface area contributed by atoms with Gasteiger partial charge in [-0.25, -0.2) is 18.7 Å². The number of carbonyl (C=O) groups is 2. The van der Waals surface area contributed by atoms with Crippen molar-refractivity contribution in [1.82, 2.24) is 14.8 Å². The Kier molecular flexibility index (Phi) is 4.30. The normalized spacial score (nSPS) is 10.2. The average molecular weight is 324 g/mol. The standard InChI is InChI=1S/C12H9FN4O6/c1-16-12(14-5-15-16)23-11(19)9-7(10(18)22-2)3-6(13)4-8(9)17(20)21/h3-5H,1-2H3. The molecule has 10 nitrogen and oxygen atoms in total. The molecule has 0 saturated carbocycles. The first kappa shape index (κ1) is 16.0. The Labute approximate surface area is 127 Å². The summed E-state index contributed by atoms with van der Waals surface area (Å²) in [5.74, 6) is -3.47. The Morgan fingerprint density at radius 2 is 2.04 bits per heavy atom. The summed E-state index contributed by atoms with van der Waals surface area (Å²) in [5, 5.41) is 14.7. The fraction of sp³-hybridized carbons (Fsp3) is 0.167. The Balaban J connectivity index is 2.58. The predicted octanol–water partition coefficient (Wildman–Crippen LogP) is 0.868. The number of nitro benzene ring substituents is 1. The number of nitrogens with zero attached hydrogens (tertiary/aromatic N) is 4. The minimum Gasteiger partial charge on any atom is -0.465 e. The van der Waals surface area contributed by atoms with Crippen LogP contribution in [0.3, 0.4) is 0 Å². The highest BCUT2D eigenvalue weighted by atomic mass is 19.1. The number of nitro groups is 1. The van der Waals surface area contributed by atoms with Crippen LogP contribution in [0.1, 0.15) is 20.7 Å². The van der Waals surface area contributed by atoms with Crippen LogP contribution in [0.2, 0.25) is 0 Å². The van der Waals surface area contributed by atoms with Crippen LogP contribution in [-0.2, 0) is 11.8 Å². The van der Waals surface area contributed by atoms with E-state index < -0.39 is 39.5 Å². The second-order valence-electron chi connectivity index (χ2n) is 4.15. The van der Waals surface area contributed by atoms with Gasteiger partial charge in [-0.3, -0.25) is 10.1 Å². The topological polar surface area (TPSA) is 126 Å². The van der Waals surface area contributed by atoms with E-state index in [4.69, 9.17) is 4.74 Å². The fourth-order valence-corrected chi connectivity index (χ4v) is 1.73. The second-order valence-corrected chi connectivity index (χ2v) is 4.15. The smallest absolute Gasteiger partial charge is 0.353 e. The third-order valence-corrected chi connectivity index (χ3v) is 2.74. The van der Waals surface area contributed by atoms with Gasteiger partial charge in [0, 0.05) is 7.05 Å². The van der Waals surface area contributed by atoms with Crippen molar-refractivity contribution < 1.29 is 28.4 Å². The fourth-order valence-electron chi connectivity index (χ4n) is 1.73.